The van der Waals surface area contributed by atoms with E-state index in [0.717, 1.165) is 13.1 Å². The minimum Gasteiger partial charge on any atom is -0.368 e. The summed E-state index contributed by atoms with van der Waals surface area (Å²) < 4.78 is 0. The fourth-order valence-electron chi connectivity index (χ4n) is 2.18. The number of rotatable bonds is 3. The second-order valence-corrected chi connectivity index (χ2v) is 4.27. The Balaban J connectivity index is 2.09. The van der Waals surface area contributed by atoms with Crippen molar-refractivity contribution in [3.63, 3.8) is 0 Å². The number of hydrogen-bond donors (Lipinski definition) is 3. The molecule has 4 nitrogen and oxygen atoms in total. The van der Waals surface area contributed by atoms with Crippen LogP contribution < -0.4 is 21.7 Å². The van der Waals surface area contributed by atoms with Crippen molar-refractivity contribution in [3.8, 4) is 0 Å². The first kappa shape index (κ1) is 11.4. The van der Waals surface area contributed by atoms with E-state index < -0.39 is 0 Å². The molecule has 1 aromatic carbocycles. The molecule has 88 valence electrons. The predicted molar refractivity (Wildman–Crippen MR) is 67.5 cm³/mol. The van der Waals surface area contributed by atoms with E-state index in [1.54, 1.807) is 0 Å². The van der Waals surface area contributed by atoms with Crippen LogP contribution in [0.4, 0.5) is 5.69 Å². The van der Waals surface area contributed by atoms with Gasteiger partial charge in [0.05, 0.1) is 0 Å². The molecule has 0 spiro atoms. The molecule has 0 bridgehead atoms. The molecule has 16 heavy (non-hydrogen) atoms. The van der Waals surface area contributed by atoms with E-state index in [1.807, 2.05) is 6.07 Å². The van der Waals surface area contributed by atoms with Gasteiger partial charge in [0.15, 0.2) is 0 Å². The quantitative estimate of drug-likeness (QED) is 0.657. The summed E-state index contributed by atoms with van der Waals surface area (Å²) in [5.41, 5.74) is 12.7. The fourth-order valence-corrected chi connectivity index (χ4v) is 2.18. The zero-order valence-corrected chi connectivity index (χ0v) is 9.47. The van der Waals surface area contributed by atoms with Gasteiger partial charge in [-0.3, -0.25) is 0 Å². The maximum atomic E-state index is 5.73. The molecule has 1 aliphatic rings. The van der Waals surface area contributed by atoms with Crippen LogP contribution >= 0.6 is 0 Å². The van der Waals surface area contributed by atoms with Gasteiger partial charge in [-0.25, -0.2) is 0 Å². The molecule has 0 saturated carbocycles. The lowest BCUT2D eigenvalue weighted by molar-refractivity contribution is 0.379. The van der Waals surface area contributed by atoms with Crippen molar-refractivity contribution in [1.82, 2.24) is 5.32 Å². The van der Waals surface area contributed by atoms with Gasteiger partial charge < -0.3 is 21.7 Å². The second-order valence-electron chi connectivity index (χ2n) is 4.27. The van der Waals surface area contributed by atoms with Gasteiger partial charge in [-0.1, -0.05) is 18.2 Å². The van der Waals surface area contributed by atoms with Crippen LogP contribution in [0.25, 0.3) is 0 Å². The van der Waals surface area contributed by atoms with Crippen molar-refractivity contribution in [2.24, 2.45) is 11.5 Å². The molecule has 0 radical (unpaired) electrons. The highest BCUT2D eigenvalue weighted by molar-refractivity contribution is 5.47. The number of piperazine rings is 1. The van der Waals surface area contributed by atoms with E-state index in [0.29, 0.717) is 25.2 Å². The third kappa shape index (κ3) is 2.52. The molecule has 0 aliphatic carbocycles. The molecular formula is C12H20N4. The smallest absolute Gasteiger partial charge is 0.0370 e. The monoisotopic (exact) mass is 220 g/mol. The first-order valence-electron chi connectivity index (χ1n) is 5.79. The van der Waals surface area contributed by atoms with Crippen molar-refractivity contribution in [1.29, 1.82) is 0 Å². The molecule has 4 heteroatoms. The first-order chi connectivity index (χ1) is 7.83. The zero-order valence-electron chi connectivity index (χ0n) is 9.47. The van der Waals surface area contributed by atoms with Crippen LogP contribution in [0.1, 0.15) is 0 Å². The van der Waals surface area contributed by atoms with Crippen LogP contribution in [0.2, 0.25) is 0 Å². The molecule has 1 fully saturated rings. The van der Waals surface area contributed by atoms with E-state index in [1.165, 1.54) is 5.69 Å². The molecule has 1 aliphatic heterocycles. The van der Waals surface area contributed by atoms with Gasteiger partial charge >= 0.3 is 0 Å². The fraction of sp³-hybridized carbons (Fsp3) is 0.500. The van der Waals surface area contributed by atoms with E-state index in [-0.39, 0.29) is 0 Å². The Morgan fingerprint density at radius 3 is 2.12 bits per heavy atom. The second kappa shape index (κ2) is 5.30. The van der Waals surface area contributed by atoms with Crippen LogP contribution in [-0.4, -0.2) is 38.3 Å². The van der Waals surface area contributed by atoms with Gasteiger partial charge in [-0.2, -0.15) is 0 Å². The van der Waals surface area contributed by atoms with Crippen molar-refractivity contribution < 1.29 is 0 Å². The van der Waals surface area contributed by atoms with E-state index in [2.05, 4.69) is 34.5 Å². The highest BCUT2D eigenvalue weighted by atomic mass is 15.2. The van der Waals surface area contributed by atoms with Crippen LogP contribution in [0.15, 0.2) is 30.3 Å². The van der Waals surface area contributed by atoms with Gasteiger partial charge in [-0.15, -0.1) is 0 Å². The van der Waals surface area contributed by atoms with Gasteiger partial charge in [0.2, 0.25) is 0 Å². The highest BCUT2D eigenvalue weighted by Crippen LogP contribution is 2.16. The number of para-hydroxylation sites is 1. The number of hydrogen-bond acceptors (Lipinski definition) is 4. The molecule has 0 aromatic heterocycles. The summed E-state index contributed by atoms with van der Waals surface area (Å²) in [4.78, 5) is 2.35. The number of anilines is 1. The van der Waals surface area contributed by atoms with Crippen LogP contribution in [0.5, 0.6) is 0 Å². The van der Waals surface area contributed by atoms with E-state index >= 15 is 0 Å². The van der Waals surface area contributed by atoms with Gasteiger partial charge in [0.25, 0.3) is 0 Å². The average Bonchev–Trinajstić information content (AvgIpc) is 2.39. The third-order valence-electron chi connectivity index (χ3n) is 3.04. The van der Waals surface area contributed by atoms with Gasteiger partial charge in [-0.05, 0) is 12.1 Å². The maximum Gasteiger partial charge on any atom is 0.0370 e. The van der Waals surface area contributed by atoms with Gasteiger partial charge in [0.1, 0.15) is 0 Å². The summed E-state index contributed by atoms with van der Waals surface area (Å²) >= 11 is 0. The number of nitrogens with zero attached hydrogens (tertiary/aromatic N) is 1. The SMILES string of the molecule is NCC1CN(c2ccccc2)CC(CN)N1. The third-order valence-corrected chi connectivity index (χ3v) is 3.04. The largest absolute Gasteiger partial charge is 0.368 e. The highest BCUT2D eigenvalue weighted by Gasteiger charge is 2.24. The molecule has 2 unspecified atom stereocenters. The van der Waals surface area contributed by atoms with Crippen LogP contribution in [-0.2, 0) is 0 Å². The molecule has 2 atom stereocenters. The topological polar surface area (TPSA) is 67.3 Å². The van der Waals surface area contributed by atoms with E-state index in [4.69, 9.17) is 11.5 Å². The molecule has 1 heterocycles. The van der Waals surface area contributed by atoms with Crippen LogP contribution in [0, 0.1) is 0 Å². The van der Waals surface area contributed by atoms with Crippen molar-refractivity contribution >= 4 is 5.69 Å². The van der Waals surface area contributed by atoms with Crippen molar-refractivity contribution in [3.05, 3.63) is 30.3 Å². The lowest BCUT2D eigenvalue weighted by Gasteiger charge is -2.39. The summed E-state index contributed by atoms with van der Waals surface area (Å²) in [5, 5.41) is 3.46. The molecular weight excluding hydrogens is 200 g/mol. The van der Waals surface area contributed by atoms with E-state index in [9.17, 15) is 0 Å². The Hall–Kier alpha value is -1.10. The molecule has 1 aromatic rings. The van der Waals surface area contributed by atoms with Crippen molar-refractivity contribution in [2.45, 2.75) is 12.1 Å². The van der Waals surface area contributed by atoms with Gasteiger partial charge in [0, 0.05) is 44.0 Å². The lowest BCUT2D eigenvalue weighted by atomic mass is 10.1. The Morgan fingerprint density at radius 2 is 1.62 bits per heavy atom. The lowest BCUT2D eigenvalue weighted by Crippen LogP contribution is -2.61. The summed E-state index contributed by atoms with van der Waals surface area (Å²) in [7, 11) is 0. The first-order valence-corrected chi connectivity index (χ1v) is 5.79. The summed E-state index contributed by atoms with van der Waals surface area (Å²) in [6.45, 7) is 3.22. The minimum absolute atomic E-state index is 0.336. The summed E-state index contributed by atoms with van der Waals surface area (Å²) in [6, 6.07) is 11.1. The molecule has 5 N–H and O–H groups in total. The normalized spacial score (nSPS) is 25.8. The Labute approximate surface area is 96.6 Å². The standard InChI is InChI=1S/C12H20N4/c13-6-10-8-16(9-11(7-14)15-10)12-4-2-1-3-5-12/h1-5,10-11,15H,6-9,13-14H2. The number of nitrogens with one attached hydrogen (secondary N) is 1. The Bertz CT molecular complexity index is 302. The number of nitrogens with two attached hydrogens (primary N) is 2. The average molecular weight is 220 g/mol. The van der Waals surface area contributed by atoms with Crippen LogP contribution in [0.3, 0.4) is 0 Å². The molecule has 1 saturated heterocycles. The maximum absolute atomic E-state index is 5.73. The predicted octanol–water partition coefficient (Wildman–Crippen LogP) is -0.249. The number of benzene rings is 1. The molecule has 2 rings (SSSR count). The summed E-state index contributed by atoms with van der Waals surface area (Å²) in [6.07, 6.45) is 0. The Morgan fingerprint density at radius 1 is 1.06 bits per heavy atom. The molecule has 0 amide bonds. The zero-order chi connectivity index (χ0) is 11.4. The Kier molecular flexibility index (Phi) is 3.77. The van der Waals surface area contributed by atoms with Crippen molar-refractivity contribution in [2.75, 3.05) is 31.1 Å². The minimum atomic E-state index is 0.336. The summed E-state index contributed by atoms with van der Waals surface area (Å²) in [5.74, 6) is 0.